The molecule has 2 aromatic rings. The molecule has 25 heavy (non-hydrogen) atoms. The molecule has 0 spiro atoms. The molecule has 1 atom stereocenters. The summed E-state index contributed by atoms with van der Waals surface area (Å²) in [6, 6.07) is 14.3. The summed E-state index contributed by atoms with van der Waals surface area (Å²) in [4.78, 5) is 24.2. The lowest BCUT2D eigenvalue weighted by Gasteiger charge is -2.14. The van der Waals surface area contributed by atoms with Crippen LogP contribution in [0.4, 0.5) is 0 Å². The predicted molar refractivity (Wildman–Crippen MR) is 92.2 cm³/mol. The van der Waals surface area contributed by atoms with Crippen molar-refractivity contribution in [2.45, 2.75) is 25.9 Å². The van der Waals surface area contributed by atoms with Gasteiger partial charge < -0.3 is 20.1 Å². The monoisotopic (exact) mass is 340 g/mol. The molecular formula is C19H20N2O4. The molecule has 6 heteroatoms. The van der Waals surface area contributed by atoms with Crippen molar-refractivity contribution < 1.29 is 19.1 Å². The summed E-state index contributed by atoms with van der Waals surface area (Å²) in [6.45, 7) is 2.24. The first kappa shape index (κ1) is 16.8. The molecule has 0 saturated carbocycles. The molecule has 2 amide bonds. The highest BCUT2D eigenvalue weighted by atomic mass is 16.7. The number of nitrogens with one attached hydrogen (secondary N) is 2. The van der Waals surface area contributed by atoms with Gasteiger partial charge in [-0.3, -0.25) is 9.59 Å². The van der Waals surface area contributed by atoms with E-state index in [0.29, 0.717) is 18.0 Å². The van der Waals surface area contributed by atoms with Crippen LogP contribution in [-0.4, -0.2) is 24.6 Å². The van der Waals surface area contributed by atoms with Gasteiger partial charge in [0.25, 0.3) is 0 Å². The second-order valence-electron chi connectivity index (χ2n) is 5.86. The van der Waals surface area contributed by atoms with Crippen molar-refractivity contribution in [3.05, 3.63) is 59.7 Å². The largest absolute Gasteiger partial charge is 0.454 e. The van der Waals surface area contributed by atoms with Crippen LogP contribution in [0.2, 0.25) is 0 Å². The predicted octanol–water partition coefficient (Wildman–Crippen LogP) is 1.78. The molecule has 1 aliphatic rings. The molecule has 2 N–H and O–H groups in total. The average molecular weight is 340 g/mol. The highest BCUT2D eigenvalue weighted by molar-refractivity contribution is 5.88. The van der Waals surface area contributed by atoms with Crippen LogP contribution in [0.5, 0.6) is 11.5 Å². The van der Waals surface area contributed by atoms with Gasteiger partial charge in [0.2, 0.25) is 18.6 Å². The molecule has 3 rings (SSSR count). The highest BCUT2D eigenvalue weighted by Crippen LogP contribution is 2.32. The van der Waals surface area contributed by atoms with Gasteiger partial charge >= 0.3 is 0 Å². The van der Waals surface area contributed by atoms with Crippen molar-refractivity contribution in [2.75, 3.05) is 6.79 Å². The molecule has 0 radical (unpaired) electrons. The molecule has 0 aliphatic carbocycles. The van der Waals surface area contributed by atoms with Gasteiger partial charge in [0.1, 0.15) is 6.04 Å². The van der Waals surface area contributed by atoms with Crippen LogP contribution in [0.25, 0.3) is 0 Å². The quantitative estimate of drug-likeness (QED) is 0.840. The van der Waals surface area contributed by atoms with Gasteiger partial charge in [-0.1, -0.05) is 36.4 Å². The Bertz CT molecular complexity index is 761. The zero-order valence-electron chi connectivity index (χ0n) is 14.0. The molecule has 130 valence electrons. The lowest BCUT2D eigenvalue weighted by Crippen LogP contribution is -2.45. The Hall–Kier alpha value is -3.02. The third-order valence-corrected chi connectivity index (χ3v) is 3.88. The number of rotatable bonds is 6. The summed E-state index contributed by atoms with van der Waals surface area (Å²) < 4.78 is 10.6. The van der Waals surface area contributed by atoms with Gasteiger partial charge in [-0.2, -0.15) is 0 Å². The van der Waals surface area contributed by atoms with Crippen LogP contribution < -0.4 is 20.1 Å². The normalized spacial score (nSPS) is 13.2. The van der Waals surface area contributed by atoms with Gasteiger partial charge in [0.15, 0.2) is 11.5 Å². The van der Waals surface area contributed by atoms with E-state index < -0.39 is 6.04 Å². The molecule has 0 bridgehead atoms. The first-order valence-electron chi connectivity index (χ1n) is 8.11. The first-order valence-corrected chi connectivity index (χ1v) is 8.11. The highest BCUT2D eigenvalue weighted by Gasteiger charge is 2.17. The number of ether oxygens (including phenoxy) is 2. The van der Waals surface area contributed by atoms with Crippen molar-refractivity contribution in [1.29, 1.82) is 0 Å². The Balaban J connectivity index is 1.46. The molecule has 1 aliphatic heterocycles. The van der Waals surface area contributed by atoms with E-state index in [4.69, 9.17) is 9.47 Å². The van der Waals surface area contributed by atoms with Gasteiger partial charge in [0.05, 0.1) is 6.42 Å². The molecule has 0 fully saturated rings. The minimum absolute atomic E-state index is 0.183. The summed E-state index contributed by atoms with van der Waals surface area (Å²) in [7, 11) is 0. The maximum Gasteiger partial charge on any atom is 0.242 e. The number of benzene rings is 2. The SMILES string of the molecule is C[C@@H](NC(=O)Cc1ccccc1)C(=O)NCc1ccc2c(c1)OCO2. The lowest BCUT2D eigenvalue weighted by atomic mass is 10.1. The summed E-state index contributed by atoms with van der Waals surface area (Å²) in [6.07, 6.45) is 0.251. The fraction of sp³-hybridized carbons (Fsp3) is 0.263. The molecule has 1 heterocycles. The van der Waals surface area contributed by atoms with E-state index in [0.717, 1.165) is 11.1 Å². The van der Waals surface area contributed by atoms with E-state index in [1.165, 1.54) is 0 Å². The van der Waals surface area contributed by atoms with E-state index in [9.17, 15) is 9.59 Å². The first-order chi connectivity index (χ1) is 12.1. The van der Waals surface area contributed by atoms with Crippen molar-refractivity contribution in [1.82, 2.24) is 10.6 Å². The van der Waals surface area contributed by atoms with Crippen LogP contribution >= 0.6 is 0 Å². The van der Waals surface area contributed by atoms with E-state index in [1.54, 1.807) is 6.92 Å². The Kier molecular flexibility index (Phi) is 5.18. The number of hydrogen-bond donors (Lipinski definition) is 2. The molecule has 0 aromatic heterocycles. The van der Waals surface area contributed by atoms with Crippen molar-refractivity contribution >= 4 is 11.8 Å². The topological polar surface area (TPSA) is 76.7 Å². The standard InChI is InChI=1S/C19H20N2O4/c1-13(21-18(22)10-14-5-3-2-4-6-14)19(23)20-11-15-7-8-16-17(9-15)25-12-24-16/h2-9,13H,10-12H2,1H3,(H,20,23)(H,21,22)/t13-/m1/s1. The van der Waals surface area contributed by atoms with Crippen LogP contribution in [0, 0.1) is 0 Å². The van der Waals surface area contributed by atoms with Gasteiger partial charge in [-0.05, 0) is 30.2 Å². The second-order valence-corrected chi connectivity index (χ2v) is 5.86. The Labute approximate surface area is 146 Å². The molecule has 2 aromatic carbocycles. The minimum atomic E-state index is -0.606. The average Bonchev–Trinajstić information content (AvgIpc) is 3.08. The summed E-state index contributed by atoms with van der Waals surface area (Å²) in [5.74, 6) is 0.962. The van der Waals surface area contributed by atoms with Gasteiger partial charge in [-0.15, -0.1) is 0 Å². The van der Waals surface area contributed by atoms with Gasteiger partial charge in [-0.25, -0.2) is 0 Å². The van der Waals surface area contributed by atoms with E-state index in [1.807, 2.05) is 48.5 Å². The Morgan fingerprint density at radius 3 is 2.60 bits per heavy atom. The van der Waals surface area contributed by atoms with Crippen molar-refractivity contribution in [2.24, 2.45) is 0 Å². The zero-order valence-corrected chi connectivity index (χ0v) is 14.0. The third kappa shape index (κ3) is 4.50. The van der Waals surface area contributed by atoms with E-state index in [2.05, 4.69) is 10.6 Å². The fourth-order valence-corrected chi connectivity index (χ4v) is 2.53. The lowest BCUT2D eigenvalue weighted by molar-refractivity contribution is -0.128. The van der Waals surface area contributed by atoms with Crippen molar-refractivity contribution in [3.63, 3.8) is 0 Å². The molecule has 0 saturated heterocycles. The number of fused-ring (bicyclic) bond motifs is 1. The Morgan fingerprint density at radius 1 is 1.04 bits per heavy atom. The van der Waals surface area contributed by atoms with E-state index in [-0.39, 0.29) is 25.0 Å². The summed E-state index contributed by atoms with van der Waals surface area (Å²) >= 11 is 0. The molecular weight excluding hydrogens is 320 g/mol. The summed E-state index contributed by atoms with van der Waals surface area (Å²) in [5, 5.41) is 5.52. The second kappa shape index (κ2) is 7.70. The van der Waals surface area contributed by atoms with Crippen LogP contribution in [-0.2, 0) is 22.6 Å². The summed E-state index contributed by atoms with van der Waals surface area (Å²) in [5.41, 5.74) is 1.81. The van der Waals surface area contributed by atoms with Crippen molar-refractivity contribution in [3.8, 4) is 11.5 Å². The zero-order chi connectivity index (χ0) is 17.6. The van der Waals surface area contributed by atoms with Crippen LogP contribution in [0.15, 0.2) is 48.5 Å². The fourth-order valence-electron chi connectivity index (χ4n) is 2.53. The molecule has 6 nitrogen and oxygen atoms in total. The maximum atomic E-state index is 12.2. The number of hydrogen-bond acceptors (Lipinski definition) is 4. The van der Waals surface area contributed by atoms with Crippen LogP contribution in [0.1, 0.15) is 18.1 Å². The maximum absolute atomic E-state index is 12.2. The number of carbonyl (C=O) groups excluding carboxylic acids is 2. The van der Waals surface area contributed by atoms with E-state index >= 15 is 0 Å². The number of carbonyl (C=O) groups is 2. The smallest absolute Gasteiger partial charge is 0.242 e. The molecule has 0 unspecified atom stereocenters. The number of amides is 2. The third-order valence-electron chi connectivity index (χ3n) is 3.88. The minimum Gasteiger partial charge on any atom is -0.454 e. The van der Waals surface area contributed by atoms with Crippen LogP contribution in [0.3, 0.4) is 0 Å². The Morgan fingerprint density at radius 2 is 1.80 bits per heavy atom. The van der Waals surface area contributed by atoms with Gasteiger partial charge in [0, 0.05) is 6.54 Å².